The van der Waals surface area contributed by atoms with Crippen molar-refractivity contribution >= 4 is 23.4 Å². The Kier molecular flexibility index (Phi) is 5.32. The van der Waals surface area contributed by atoms with Gasteiger partial charge in [0.2, 0.25) is 5.91 Å². The van der Waals surface area contributed by atoms with Crippen molar-refractivity contribution < 1.29 is 9.18 Å². The third-order valence-corrected chi connectivity index (χ3v) is 4.98. The van der Waals surface area contributed by atoms with Crippen molar-refractivity contribution in [3.05, 3.63) is 54.1 Å². The van der Waals surface area contributed by atoms with Gasteiger partial charge in [0, 0.05) is 30.7 Å². The first kappa shape index (κ1) is 18.1. The van der Waals surface area contributed by atoms with Gasteiger partial charge in [-0.25, -0.2) is 4.39 Å². The normalized spacial score (nSPS) is 12.0. The minimum absolute atomic E-state index is 0.232. The second-order valence-electron chi connectivity index (χ2n) is 5.82. The molecule has 1 unspecified atom stereocenters. The maximum Gasteiger partial charge on any atom is 0.237 e. The number of carbonyl (C=O) groups excluding carboxylic acids is 1. The highest BCUT2D eigenvalue weighted by molar-refractivity contribution is 8.00. The molecule has 1 aromatic carbocycles. The molecule has 1 N–H and O–H groups in total. The van der Waals surface area contributed by atoms with E-state index in [-0.39, 0.29) is 11.7 Å². The maximum atomic E-state index is 13.6. The average Bonchev–Trinajstić information content (AvgIpc) is 2.99. The van der Waals surface area contributed by atoms with Gasteiger partial charge in [-0.05, 0) is 43.7 Å². The summed E-state index contributed by atoms with van der Waals surface area (Å²) in [5.74, 6) is 0.0931. The highest BCUT2D eigenvalue weighted by atomic mass is 32.2. The lowest BCUT2D eigenvalue weighted by Gasteiger charge is -2.12. The van der Waals surface area contributed by atoms with Crippen LogP contribution in [0.4, 0.5) is 10.1 Å². The smallest absolute Gasteiger partial charge is 0.237 e. The predicted octanol–water partition coefficient (Wildman–Crippen LogP) is 3.44. The quantitative estimate of drug-likeness (QED) is 0.696. The first-order valence-electron chi connectivity index (χ1n) is 7.99. The highest BCUT2D eigenvalue weighted by Crippen LogP contribution is 2.26. The molecule has 0 radical (unpaired) electrons. The molecule has 1 amide bonds. The molecule has 0 saturated heterocycles. The third kappa shape index (κ3) is 3.91. The van der Waals surface area contributed by atoms with Crippen molar-refractivity contribution in [1.82, 2.24) is 19.7 Å². The first-order chi connectivity index (χ1) is 12.5. The SMILES string of the molecule is Cc1ccc(NC(=O)C(C)Sc2nnc(-c3cccnc3)n2C)cc1F. The first-order valence-corrected chi connectivity index (χ1v) is 8.87. The topological polar surface area (TPSA) is 72.7 Å². The van der Waals surface area contributed by atoms with Gasteiger partial charge in [0.1, 0.15) is 5.82 Å². The van der Waals surface area contributed by atoms with Crippen LogP contribution in [0.5, 0.6) is 0 Å². The van der Waals surface area contributed by atoms with Crippen LogP contribution in [0.25, 0.3) is 11.4 Å². The van der Waals surface area contributed by atoms with Gasteiger partial charge < -0.3 is 9.88 Å². The van der Waals surface area contributed by atoms with E-state index in [1.54, 1.807) is 38.4 Å². The Morgan fingerprint density at radius 2 is 2.12 bits per heavy atom. The molecule has 8 heteroatoms. The Balaban J connectivity index is 1.69. The molecule has 0 bridgehead atoms. The van der Waals surface area contributed by atoms with Gasteiger partial charge in [0.05, 0.1) is 5.25 Å². The molecule has 134 valence electrons. The number of carbonyl (C=O) groups is 1. The Bertz CT molecular complexity index is 929. The number of benzene rings is 1. The summed E-state index contributed by atoms with van der Waals surface area (Å²) in [5.41, 5.74) is 1.81. The highest BCUT2D eigenvalue weighted by Gasteiger charge is 2.19. The second-order valence-corrected chi connectivity index (χ2v) is 7.13. The monoisotopic (exact) mass is 371 g/mol. The van der Waals surface area contributed by atoms with Crippen LogP contribution in [0.15, 0.2) is 47.9 Å². The fraction of sp³-hybridized carbons (Fsp3) is 0.222. The number of rotatable bonds is 5. The van der Waals surface area contributed by atoms with Crippen LogP contribution in [0.3, 0.4) is 0 Å². The van der Waals surface area contributed by atoms with E-state index in [2.05, 4.69) is 20.5 Å². The summed E-state index contributed by atoms with van der Waals surface area (Å²) in [5, 5.41) is 11.2. The lowest BCUT2D eigenvalue weighted by atomic mass is 10.2. The number of aromatic nitrogens is 4. The van der Waals surface area contributed by atoms with Crippen molar-refractivity contribution in [2.45, 2.75) is 24.3 Å². The minimum Gasteiger partial charge on any atom is -0.325 e. The molecule has 0 fully saturated rings. The van der Waals surface area contributed by atoms with Crippen LogP contribution in [-0.2, 0) is 11.8 Å². The van der Waals surface area contributed by atoms with Gasteiger partial charge in [0.15, 0.2) is 11.0 Å². The average molecular weight is 371 g/mol. The molecule has 1 atom stereocenters. The second kappa shape index (κ2) is 7.65. The number of anilines is 1. The van der Waals surface area contributed by atoms with Gasteiger partial charge >= 0.3 is 0 Å². The number of pyridine rings is 1. The van der Waals surface area contributed by atoms with E-state index in [0.717, 1.165) is 5.56 Å². The molecule has 2 aromatic heterocycles. The number of nitrogens with one attached hydrogen (secondary N) is 1. The number of hydrogen-bond donors (Lipinski definition) is 1. The number of nitrogens with zero attached hydrogens (tertiary/aromatic N) is 4. The zero-order valence-electron chi connectivity index (χ0n) is 14.6. The summed E-state index contributed by atoms with van der Waals surface area (Å²) in [6, 6.07) is 8.34. The molecule has 26 heavy (non-hydrogen) atoms. The summed E-state index contributed by atoms with van der Waals surface area (Å²) >= 11 is 1.28. The number of thioether (sulfide) groups is 1. The molecule has 3 rings (SSSR count). The van der Waals surface area contributed by atoms with Crippen LogP contribution in [-0.4, -0.2) is 30.9 Å². The van der Waals surface area contributed by atoms with Crippen molar-refractivity contribution in [1.29, 1.82) is 0 Å². The molecule has 2 heterocycles. The van der Waals surface area contributed by atoms with Crippen LogP contribution in [0.1, 0.15) is 12.5 Å². The van der Waals surface area contributed by atoms with Gasteiger partial charge in [-0.2, -0.15) is 0 Å². The zero-order chi connectivity index (χ0) is 18.7. The Hall–Kier alpha value is -2.74. The Labute approximate surface area is 154 Å². The lowest BCUT2D eigenvalue weighted by Crippen LogP contribution is -2.23. The van der Waals surface area contributed by atoms with Gasteiger partial charge in [0.25, 0.3) is 0 Å². The van der Waals surface area contributed by atoms with Crippen molar-refractivity contribution in [3.8, 4) is 11.4 Å². The molecule has 0 spiro atoms. The number of amides is 1. The predicted molar refractivity (Wildman–Crippen MR) is 99.3 cm³/mol. The van der Waals surface area contributed by atoms with Gasteiger partial charge in [-0.15, -0.1) is 10.2 Å². The van der Waals surface area contributed by atoms with Crippen LogP contribution in [0.2, 0.25) is 0 Å². The van der Waals surface area contributed by atoms with Crippen molar-refractivity contribution in [3.63, 3.8) is 0 Å². The van der Waals surface area contributed by atoms with E-state index >= 15 is 0 Å². The largest absolute Gasteiger partial charge is 0.325 e. The molecular formula is C18H18FN5OS. The lowest BCUT2D eigenvalue weighted by molar-refractivity contribution is -0.115. The van der Waals surface area contributed by atoms with Crippen LogP contribution < -0.4 is 5.32 Å². The number of hydrogen-bond acceptors (Lipinski definition) is 5. The van der Waals surface area contributed by atoms with Gasteiger partial charge in [-0.1, -0.05) is 17.8 Å². The molecule has 0 aliphatic carbocycles. The van der Waals surface area contributed by atoms with Gasteiger partial charge in [-0.3, -0.25) is 9.78 Å². The van der Waals surface area contributed by atoms with Crippen molar-refractivity contribution in [2.75, 3.05) is 5.32 Å². The van der Waals surface area contributed by atoms with E-state index in [0.29, 0.717) is 22.2 Å². The summed E-state index contributed by atoms with van der Waals surface area (Å²) in [7, 11) is 1.84. The van der Waals surface area contributed by atoms with E-state index in [4.69, 9.17) is 0 Å². The maximum absolute atomic E-state index is 13.6. The van der Waals surface area contributed by atoms with E-state index in [9.17, 15) is 9.18 Å². The summed E-state index contributed by atoms with van der Waals surface area (Å²) in [6.07, 6.45) is 3.40. The molecule has 0 aliphatic rings. The Morgan fingerprint density at radius 1 is 1.31 bits per heavy atom. The Morgan fingerprint density at radius 3 is 2.81 bits per heavy atom. The molecule has 3 aromatic rings. The van der Waals surface area contributed by atoms with Crippen molar-refractivity contribution in [2.24, 2.45) is 7.05 Å². The van der Waals surface area contributed by atoms with Crippen LogP contribution >= 0.6 is 11.8 Å². The summed E-state index contributed by atoms with van der Waals surface area (Å²) in [6.45, 7) is 3.44. The van der Waals surface area contributed by atoms with Crippen LogP contribution in [0, 0.1) is 12.7 Å². The third-order valence-electron chi connectivity index (χ3n) is 3.85. The van der Waals surface area contributed by atoms with E-state index in [1.165, 1.54) is 17.8 Å². The summed E-state index contributed by atoms with van der Waals surface area (Å²) < 4.78 is 15.4. The molecule has 6 nitrogen and oxygen atoms in total. The standard InChI is InChI=1S/C18H18FN5OS/c1-11-6-7-14(9-15(11)19)21-17(25)12(2)26-18-23-22-16(24(18)3)13-5-4-8-20-10-13/h4-10,12H,1-3H3,(H,21,25). The fourth-order valence-electron chi connectivity index (χ4n) is 2.29. The fourth-order valence-corrected chi connectivity index (χ4v) is 3.10. The minimum atomic E-state index is -0.427. The summed E-state index contributed by atoms with van der Waals surface area (Å²) in [4.78, 5) is 16.5. The number of halogens is 1. The number of aryl methyl sites for hydroxylation is 1. The zero-order valence-corrected chi connectivity index (χ0v) is 15.4. The molecular weight excluding hydrogens is 353 g/mol. The van der Waals surface area contributed by atoms with E-state index in [1.807, 2.05) is 23.7 Å². The van der Waals surface area contributed by atoms with E-state index < -0.39 is 5.25 Å². The molecule has 0 saturated carbocycles. The molecule has 0 aliphatic heterocycles.